The number of rotatable bonds is 3. The highest BCUT2D eigenvalue weighted by atomic mass is 79.9. The van der Waals surface area contributed by atoms with Gasteiger partial charge in [-0.3, -0.25) is 4.79 Å². The van der Waals surface area contributed by atoms with Crippen molar-refractivity contribution in [1.29, 1.82) is 0 Å². The maximum atomic E-state index is 12.0. The molecule has 6 nitrogen and oxygen atoms in total. The van der Waals surface area contributed by atoms with E-state index in [0.717, 1.165) is 10.0 Å². The number of nitrogen functional groups attached to an aromatic ring is 1. The normalized spacial score (nSPS) is 10.1. The van der Waals surface area contributed by atoms with Gasteiger partial charge in [-0.05, 0) is 46.6 Å². The van der Waals surface area contributed by atoms with Crippen molar-refractivity contribution in [2.24, 2.45) is 5.84 Å². The number of pyridine rings is 2. The molecule has 19 heavy (non-hydrogen) atoms. The number of nitrogens with two attached hydrogens (primary N) is 1. The van der Waals surface area contributed by atoms with E-state index in [2.05, 4.69) is 36.6 Å². The van der Waals surface area contributed by atoms with Crippen molar-refractivity contribution in [2.75, 3.05) is 10.7 Å². The fraction of sp³-hybridized carbons (Fsp3) is 0.0833. The summed E-state index contributed by atoms with van der Waals surface area (Å²) in [6, 6.07) is 4.94. The summed E-state index contributed by atoms with van der Waals surface area (Å²) in [6.07, 6.45) is 3.15. The second-order valence-corrected chi connectivity index (χ2v) is 4.70. The Hall–Kier alpha value is -1.99. The molecule has 2 aromatic heterocycles. The quantitative estimate of drug-likeness (QED) is 0.594. The Morgan fingerprint density at radius 2 is 2.11 bits per heavy atom. The highest BCUT2D eigenvalue weighted by Gasteiger charge is 2.08. The van der Waals surface area contributed by atoms with Crippen LogP contribution in [0.15, 0.2) is 35.1 Å². The van der Waals surface area contributed by atoms with Gasteiger partial charge in [-0.25, -0.2) is 15.8 Å². The molecule has 0 radical (unpaired) electrons. The van der Waals surface area contributed by atoms with E-state index in [1.165, 1.54) is 6.20 Å². The van der Waals surface area contributed by atoms with Gasteiger partial charge >= 0.3 is 0 Å². The average molecular weight is 322 g/mol. The molecule has 0 spiro atoms. The number of carbonyl (C=O) groups is 1. The lowest BCUT2D eigenvalue weighted by Crippen LogP contribution is -2.15. The van der Waals surface area contributed by atoms with Crippen LogP contribution in [-0.2, 0) is 0 Å². The smallest absolute Gasteiger partial charge is 0.257 e. The van der Waals surface area contributed by atoms with Crippen LogP contribution in [0.25, 0.3) is 0 Å². The van der Waals surface area contributed by atoms with Gasteiger partial charge in [0.15, 0.2) is 0 Å². The Labute approximate surface area is 118 Å². The van der Waals surface area contributed by atoms with E-state index in [4.69, 9.17) is 5.84 Å². The Morgan fingerprint density at radius 3 is 2.79 bits per heavy atom. The molecule has 4 N–H and O–H groups in total. The van der Waals surface area contributed by atoms with Gasteiger partial charge in [0, 0.05) is 22.4 Å². The summed E-state index contributed by atoms with van der Waals surface area (Å²) in [5, 5.41) is 2.71. The molecule has 98 valence electrons. The first-order chi connectivity index (χ1) is 9.10. The minimum Gasteiger partial charge on any atom is -0.308 e. The van der Waals surface area contributed by atoms with Gasteiger partial charge in [0.25, 0.3) is 5.91 Å². The first kappa shape index (κ1) is 13.4. The number of hydrogen-bond acceptors (Lipinski definition) is 5. The molecule has 0 bridgehead atoms. The minimum absolute atomic E-state index is 0.270. The number of amides is 1. The van der Waals surface area contributed by atoms with Crippen molar-refractivity contribution >= 4 is 33.5 Å². The van der Waals surface area contributed by atoms with Crippen molar-refractivity contribution in [2.45, 2.75) is 6.92 Å². The lowest BCUT2D eigenvalue weighted by atomic mass is 10.2. The summed E-state index contributed by atoms with van der Waals surface area (Å²) in [5.74, 6) is 5.89. The largest absolute Gasteiger partial charge is 0.308 e. The zero-order valence-electron chi connectivity index (χ0n) is 10.1. The van der Waals surface area contributed by atoms with Crippen LogP contribution in [-0.4, -0.2) is 15.9 Å². The predicted molar refractivity (Wildman–Crippen MR) is 76.7 cm³/mol. The third-order valence-corrected chi connectivity index (χ3v) is 3.29. The fourth-order valence-electron chi connectivity index (χ4n) is 1.45. The van der Waals surface area contributed by atoms with Crippen LogP contribution in [0.4, 0.5) is 11.6 Å². The fourth-order valence-corrected chi connectivity index (χ4v) is 1.66. The van der Waals surface area contributed by atoms with Gasteiger partial charge in [0.2, 0.25) is 0 Å². The predicted octanol–water partition coefficient (Wildman–Crippen LogP) is 2.09. The molecule has 0 atom stereocenters. The zero-order chi connectivity index (χ0) is 13.8. The van der Waals surface area contributed by atoms with E-state index in [9.17, 15) is 4.79 Å². The molecule has 0 saturated carbocycles. The molecule has 0 saturated heterocycles. The zero-order valence-corrected chi connectivity index (χ0v) is 11.7. The van der Waals surface area contributed by atoms with Crippen molar-refractivity contribution in [3.63, 3.8) is 0 Å². The molecular weight excluding hydrogens is 310 g/mol. The van der Waals surface area contributed by atoms with Crippen LogP contribution >= 0.6 is 15.9 Å². The minimum atomic E-state index is -0.270. The second kappa shape index (κ2) is 5.77. The van der Waals surface area contributed by atoms with Crippen LogP contribution in [0.1, 0.15) is 15.9 Å². The Balaban J connectivity index is 2.18. The number of hydrazine groups is 1. The van der Waals surface area contributed by atoms with E-state index >= 15 is 0 Å². The number of aryl methyl sites for hydroxylation is 1. The molecule has 0 aliphatic carbocycles. The van der Waals surface area contributed by atoms with Gasteiger partial charge in [-0.15, -0.1) is 0 Å². The van der Waals surface area contributed by atoms with E-state index in [1.807, 2.05) is 6.92 Å². The highest BCUT2D eigenvalue weighted by Crippen LogP contribution is 2.17. The Morgan fingerprint density at radius 1 is 1.32 bits per heavy atom. The number of nitrogens with one attached hydrogen (secondary N) is 2. The van der Waals surface area contributed by atoms with Crippen LogP contribution < -0.4 is 16.6 Å². The summed E-state index contributed by atoms with van der Waals surface area (Å²) in [7, 11) is 0. The molecular formula is C12H12BrN5O. The van der Waals surface area contributed by atoms with Crippen molar-refractivity contribution in [3.8, 4) is 0 Å². The van der Waals surface area contributed by atoms with Crippen LogP contribution in [0.5, 0.6) is 0 Å². The molecule has 0 aromatic carbocycles. The first-order valence-electron chi connectivity index (χ1n) is 5.46. The molecule has 2 rings (SSSR count). The lowest BCUT2D eigenvalue weighted by Gasteiger charge is -2.07. The second-order valence-electron chi connectivity index (χ2n) is 3.85. The molecule has 2 aromatic rings. The van der Waals surface area contributed by atoms with Gasteiger partial charge in [0.1, 0.15) is 11.6 Å². The van der Waals surface area contributed by atoms with Crippen molar-refractivity contribution in [3.05, 3.63) is 46.2 Å². The summed E-state index contributed by atoms with van der Waals surface area (Å²) in [6.45, 7) is 1.92. The van der Waals surface area contributed by atoms with E-state index in [0.29, 0.717) is 17.2 Å². The number of halogens is 1. The maximum Gasteiger partial charge on any atom is 0.257 e. The standard InChI is InChI=1S/C12H12BrN5O/c1-7-4-10(16-6-9(7)13)17-12(19)8-2-3-15-11(5-8)18-14/h2-6H,14H2,1H3,(H,15,18)(H,16,17,19). The summed E-state index contributed by atoms with van der Waals surface area (Å²) >= 11 is 3.35. The number of aromatic nitrogens is 2. The van der Waals surface area contributed by atoms with E-state index in [1.54, 1.807) is 24.4 Å². The maximum absolute atomic E-state index is 12.0. The molecule has 7 heteroatoms. The molecule has 0 fully saturated rings. The van der Waals surface area contributed by atoms with Gasteiger partial charge in [0.05, 0.1) is 0 Å². The van der Waals surface area contributed by atoms with E-state index < -0.39 is 0 Å². The van der Waals surface area contributed by atoms with Gasteiger partial charge < -0.3 is 10.7 Å². The van der Waals surface area contributed by atoms with Crippen molar-refractivity contribution in [1.82, 2.24) is 9.97 Å². The van der Waals surface area contributed by atoms with Crippen molar-refractivity contribution < 1.29 is 4.79 Å². The van der Waals surface area contributed by atoms with Crippen LogP contribution in [0, 0.1) is 6.92 Å². The molecule has 1 amide bonds. The number of anilines is 2. The van der Waals surface area contributed by atoms with Gasteiger partial charge in [-0.2, -0.15) is 0 Å². The monoisotopic (exact) mass is 321 g/mol. The molecule has 2 heterocycles. The highest BCUT2D eigenvalue weighted by molar-refractivity contribution is 9.10. The Kier molecular flexibility index (Phi) is 4.08. The van der Waals surface area contributed by atoms with Crippen LogP contribution in [0.3, 0.4) is 0 Å². The van der Waals surface area contributed by atoms with Crippen LogP contribution in [0.2, 0.25) is 0 Å². The number of nitrogens with zero attached hydrogens (tertiary/aromatic N) is 2. The topological polar surface area (TPSA) is 92.9 Å². The van der Waals surface area contributed by atoms with Gasteiger partial charge in [-0.1, -0.05) is 0 Å². The molecule has 0 aliphatic heterocycles. The number of hydrogen-bond donors (Lipinski definition) is 3. The lowest BCUT2D eigenvalue weighted by molar-refractivity contribution is 0.102. The summed E-state index contributed by atoms with van der Waals surface area (Å²) < 4.78 is 0.893. The molecule has 0 unspecified atom stereocenters. The average Bonchev–Trinajstić information content (AvgIpc) is 2.43. The SMILES string of the molecule is Cc1cc(NC(=O)c2ccnc(NN)c2)ncc1Br. The summed E-state index contributed by atoms with van der Waals surface area (Å²) in [4.78, 5) is 20.1. The number of carbonyl (C=O) groups excluding carboxylic acids is 1. The molecule has 0 aliphatic rings. The third-order valence-electron chi connectivity index (χ3n) is 2.46. The first-order valence-corrected chi connectivity index (χ1v) is 6.25. The van der Waals surface area contributed by atoms with E-state index in [-0.39, 0.29) is 5.91 Å². The summed E-state index contributed by atoms with van der Waals surface area (Å²) in [5.41, 5.74) is 3.83. The third kappa shape index (κ3) is 3.27. The Bertz CT molecular complexity index is 617.